The van der Waals surface area contributed by atoms with Gasteiger partial charge in [0.1, 0.15) is 0 Å². The van der Waals surface area contributed by atoms with Crippen molar-refractivity contribution in [3.8, 4) is 0 Å². The Hall–Kier alpha value is -1.40. The SMILES string of the molecule is C1CC2CCN2N1.O=C(O)/C=C/C(=O)O. The monoisotopic (exact) mass is 214 g/mol. The van der Waals surface area contributed by atoms with Gasteiger partial charge in [0.15, 0.2) is 0 Å². The molecule has 2 aliphatic heterocycles. The number of nitrogens with one attached hydrogen (secondary N) is 1. The summed E-state index contributed by atoms with van der Waals surface area (Å²) in [6.07, 6.45) is 3.91. The fraction of sp³-hybridized carbons (Fsp3) is 0.556. The van der Waals surface area contributed by atoms with Gasteiger partial charge in [0.2, 0.25) is 0 Å². The van der Waals surface area contributed by atoms with Crippen LogP contribution in [0.25, 0.3) is 0 Å². The molecule has 6 nitrogen and oxygen atoms in total. The molecule has 3 N–H and O–H groups in total. The molecule has 0 aromatic rings. The lowest BCUT2D eigenvalue weighted by atomic mass is 10.1. The molecule has 0 aromatic heterocycles. The second-order valence-electron chi connectivity index (χ2n) is 3.34. The van der Waals surface area contributed by atoms with Gasteiger partial charge in [-0.15, -0.1) is 0 Å². The van der Waals surface area contributed by atoms with Crippen LogP contribution >= 0.6 is 0 Å². The van der Waals surface area contributed by atoms with Crippen LogP contribution in [-0.2, 0) is 9.59 Å². The van der Waals surface area contributed by atoms with Gasteiger partial charge in [-0.25, -0.2) is 14.6 Å². The highest BCUT2D eigenvalue weighted by Crippen LogP contribution is 2.21. The molecule has 0 aromatic carbocycles. The Morgan fingerprint density at radius 3 is 2.00 bits per heavy atom. The molecule has 1 unspecified atom stereocenters. The van der Waals surface area contributed by atoms with Gasteiger partial charge in [-0.2, -0.15) is 0 Å². The summed E-state index contributed by atoms with van der Waals surface area (Å²) >= 11 is 0. The number of hydrogen-bond acceptors (Lipinski definition) is 4. The first-order chi connectivity index (χ1) is 7.09. The van der Waals surface area contributed by atoms with Crippen LogP contribution in [0.2, 0.25) is 0 Å². The van der Waals surface area contributed by atoms with E-state index in [9.17, 15) is 9.59 Å². The zero-order valence-corrected chi connectivity index (χ0v) is 8.22. The molecule has 84 valence electrons. The molecule has 2 fully saturated rings. The van der Waals surface area contributed by atoms with Crippen molar-refractivity contribution >= 4 is 11.9 Å². The number of fused-ring (bicyclic) bond motifs is 1. The molecule has 2 heterocycles. The summed E-state index contributed by atoms with van der Waals surface area (Å²) in [5.41, 5.74) is 3.29. The van der Waals surface area contributed by atoms with E-state index in [1.54, 1.807) is 0 Å². The number of carbonyl (C=O) groups is 2. The van der Waals surface area contributed by atoms with Gasteiger partial charge < -0.3 is 10.2 Å². The normalized spacial score (nSPS) is 23.9. The third-order valence-electron chi connectivity index (χ3n) is 2.30. The fourth-order valence-electron chi connectivity index (χ4n) is 1.47. The quantitative estimate of drug-likeness (QED) is 0.546. The summed E-state index contributed by atoms with van der Waals surface area (Å²) in [7, 11) is 0. The molecule has 0 spiro atoms. The Morgan fingerprint density at radius 1 is 1.20 bits per heavy atom. The lowest BCUT2D eigenvalue weighted by molar-refractivity contribution is -0.134. The van der Waals surface area contributed by atoms with E-state index in [1.165, 1.54) is 25.9 Å². The van der Waals surface area contributed by atoms with E-state index < -0.39 is 11.9 Å². The molecule has 0 radical (unpaired) electrons. The number of carboxylic acids is 2. The molecule has 0 amide bonds. The summed E-state index contributed by atoms with van der Waals surface area (Å²) in [4.78, 5) is 19.1. The Bertz CT molecular complexity index is 251. The lowest BCUT2D eigenvalue weighted by Gasteiger charge is -2.33. The summed E-state index contributed by atoms with van der Waals surface area (Å²) in [5, 5.41) is 18.0. The first kappa shape index (κ1) is 11.7. The van der Waals surface area contributed by atoms with Crippen LogP contribution in [0.1, 0.15) is 12.8 Å². The average Bonchev–Trinajstić information content (AvgIpc) is 2.43. The predicted octanol–water partition coefficient (Wildman–Crippen LogP) is -0.319. The van der Waals surface area contributed by atoms with Crippen molar-refractivity contribution < 1.29 is 19.8 Å². The first-order valence-electron chi connectivity index (χ1n) is 4.73. The first-order valence-corrected chi connectivity index (χ1v) is 4.73. The molecule has 15 heavy (non-hydrogen) atoms. The van der Waals surface area contributed by atoms with E-state index in [-0.39, 0.29) is 0 Å². The van der Waals surface area contributed by atoms with E-state index in [1.807, 2.05) is 0 Å². The van der Waals surface area contributed by atoms with E-state index in [2.05, 4.69) is 10.4 Å². The zero-order chi connectivity index (χ0) is 11.3. The minimum atomic E-state index is -1.26. The molecule has 2 rings (SSSR count). The van der Waals surface area contributed by atoms with E-state index >= 15 is 0 Å². The molecule has 0 aliphatic carbocycles. The van der Waals surface area contributed by atoms with E-state index in [0.717, 1.165) is 6.04 Å². The standard InChI is InChI=1S/C5H10N2.C4H4O4/c1-3-6-7-4-2-5(1)7;5-3(6)1-2-4(7)8/h5-6H,1-4H2;1-2H,(H,5,6)(H,7,8)/b;2-1+. The Morgan fingerprint density at radius 2 is 1.80 bits per heavy atom. The Balaban J connectivity index is 0.000000150. The second kappa shape index (κ2) is 5.47. The van der Waals surface area contributed by atoms with Crippen molar-refractivity contribution in [1.29, 1.82) is 0 Å². The highest BCUT2D eigenvalue weighted by molar-refractivity contribution is 5.89. The van der Waals surface area contributed by atoms with Gasteiger partial charge >= 0.3 is 11.9 Å². The average molecular weight is 214 g/mol. The van der Waals surface area contributed by atoms with Gasteiger partial charge in [-0.1, -0.05) is 0 Å². The summed E-state index contributed by atoms with van der Waals surface area (Å²) < 4.78 is 0. The fourth-order valence-corrected chi connectivity index (χ4v) is 1.47. The molecule has 2 aliphatic rings. The van der Waals surface area contributed by atoms with E-state index in [0.29, 0.717) is 12.2 Å². The number of rotatable bonds is 2. The smallest absolute Gasteiger partial charge is 0.328 e. The minimum Gasteiger partial charge on any atom is -0.478 e. The van der Waals surface area contributed by atoms with Crippen LogP contribution in [-0.4, -0.2) is 46.3 Å². The number of carboxylic acid groups (broad SMARTS) is 2. The van der Waals surface area contributed by atoms with Gasteiger partial charge in [0.25, 0.3) is 0 Å². The highest BCUT2D eigenvalue weighted by Gasteiger charge is 2.31. The Labute approximate surface area is 87.2 Å². The van der Waals surface area contributed by atoms with Crippen molar-refractivity contribution in [2.45, 2.75) is 18.9 Å². The van der Waals surface area contributed by atoms with Crippen LogP contribution in [0, 0.1) is 0 Å². The van der Waals surface area contributed by atoms with Crippen molar-refractivity contribution in [2.75, 3.05) is 13.1 Å². The van der Waals surface area contributed by atoms with Crippen molar-refractivity contribution in [2.24, 2.45) is 0 Å². The Kier molecular flexibility index (Phi) is 4.26. The molecule has 0 saturated carbocycles. The van der Waals surface area contributed by atoms with Crippen molar-refractivity contribution in [3.63, 3.8) is 0 Å². The van der Waals surface area contributed by atoms with Crippen molar-refractivity contribution in [1.82, 2.24) is 10.4 Å². The molecule has 1 atom stereocenters. The summed E-state index contributed by atoms with van der Waals surface area (Å²) in [5.74, 6) is -2.51. The van der Waals surface area contributed by atoms with Gasteiger partial charge in [0, 0.05) is 31.3 Å². The molecular weight excluding hydrogens is 200 g/mol. The molecule has 2 saturated heterocycles. The second-order valence-corrected chi connectivity index (χ2v) is 3.34. The van der Waals surface area contributed by atoms with E-state index in [4.69, 9.17) is 10.2 Å². The zero-order valence-electron chi connectivity index (χ0n) is 8.22. The number of nitrogens with zero attached hydrogens (tertiary/aromatic N) is 1. The lowest BCUT2D eigenvalue weighted by Crippen LogP contribution is -2.47. The summed E-state index contributed by atoms with van der Waals surface area (Å²) in [6.45, 7) is 2.50. The van der Waals surface area contributed by atoms with Crippen LogP contribution in [0.4, 0.5) is 0 Å². The number of hydrazine groups is 1. The molecule has 0 bridgehead atoms. The van der Waals surface area contributed by atoms with Gasteiger partial charge in [-0.05, 0) is 12.8 Å². The molecule has 6 heteroatoms. The molecular formula is C9H14N2O4. The van der Waals surface area contributed by atoms with Gasteiger partial charge in [-0.3, -0.25) is 5.43 Å². The van der Waals surface area contributed by atoms with Crippen LogP contribution in [0.15, 0.2) is 12.2 Å². The maximum Gasteiger partial charge on any atom is 0.328 e. The predicted molar refractivity (Wildman–Crippen MR) is 52.1 cm³/mol. The van der Waals surface area contributed by atoms with Crippen molar-refractivity contribution in [3.05, 3.63) is 12.2 Å². The third kappa shape index (κ3) is 4.09. The van der Waals surface area contributed by atoms with Gasteiger partial charge in [0.05, 0.1) is 0 Å². The van der Waals surface area contributed by atoms with Crippen LogP contribution in [0.3, 0.4) is 0 Å². The van der Waals surface area contributed by atoms with Crippen LogP contribution < -0.4 is 5.43 Å². The maximum absolute atomic E-state index is 9.55. The number of aliphatic carboxylic acids is 2. The number of hydrogen-bond donors (Lipinski definition) is 3. The third-order valence-corrected chi connectivity index (χ3v) is 2.30. The maximum atomic E-state index is 9.55. The minimum absolute atomic E-state index is 0.558. The highest BCUT2D eigenvalue weighted by atomic mass is 16.4. The summed E-state index contributed by atoms with van der Waals surface area (Å²) in [6, 6.07) is 0.917. The topological polar surface area (TPSA) is 89.9 Å². The van der Waals surface area contributed by atoms with Crippen LogP contribution in [0.5, 0.6) is 0 Å². The largest absolute Gasteiger partial charge is 0.478 e.